The second kappa shape index (κ2) is 5.48. The molecule has 2 rings (SSSR count). The summed E-state index contributed by atoms with van der Waals surface area (Å²) >= 11 is 0. The molecule has 1 aromatic carbocycles. The van der Waals surface area contributed by atoms with E-state index in [1.165, 1.54) is 11.0 Å². The molecule has 1 fully saturated rings. The van der Waals surface area contributed by atoms with Crippen molar-refractivity contribution in [2.45, 2.75) is 19.4 Å². The Balaban J connectivity index is 2.27. The summed E-state index contributed by atoms with van der Waals surface area (Å²) in [6, 6.07) is 2.94. The molecule has 0 bridgehead atoms. The molecular weight excluding hydrogens is 263 g/mol. The van der Waals surface area contributed by atoms with E-state index in [2.05, 4.69) is 0 Å². The predicted octanol–water partition coefficient (Wildman–Crippen LogP) is 1.22. The van der Waals surface area contributed by atoms with Gasteiger partial charge in [0.2, 0.25) is 5.91 Å². The van der Waals surface area contributed by atoms with E-state index in [0.29, 0.717) is 19.5 Å². The highest BCUT2D eigenvalue weighted by atomic mass is 19.1. The zero-order chi connectivity index (χ0) is 14.9. The zero-order valence-electron chi connectivity index (χ0n) is 11.5. The number of rotatable bonds is 2. The van der Waals surface area contributed by atoms with Crippen molar-refractivity contribution in [1.29, 1.82) is 0 Å². The summed E-state index contributed by atoms with van der Waals surface area (Å²) in [6.45, 7) is 2.73. The van der Waals surface area contributed by atoms with E-state index in [9.17, 15) is 19.1 Å². The van der Waals surface area contributed by atoms with Crippen molar-refractivity contribution in [2.75, 3.05) is 20.1 Å². The van der Waals surface area contributed by atoms with Crippen LogP contribution in [0.2, 0.25) is 0 Å². The van der Waals surface area contributed by atoms with E-state index >= 15 is 0 Å². The first-order valence-corrected chi connectivity index (χ1v) is 6.50. The van der Waals surface area contributed by atoms with Gasteiger partial charge in [0.25, 0.3) is 5.91 Å². The van der Waals surface area contributed by atoms with Crippen LogP contribution in [0.5, 0.6) is 5.75 Å². The standard InChI is InChI=1S/C14H17FN2O3/c1-3-11-14(20)16(2)6-7-17(11)13(19)9-4-5-10(15)12(18)8-9/h4-5,8,11,18H,3,6-7H2,1-2H3. The Kier molecular flexibility index (Phi) is 3.92. The van der Waals surface area contributed by atoms with Gasteiger partial charge in [0.1, 0.15) is 6.04 Å². The zero-order valence-corrected chi connectivity index (χ0v) is 11.5. The average molecular weight is 280 g/mol. The Morgan fingerprint density at radius 1 is 1.45 bits per heavy atom. The molecule has 2 amide bonds. The van der Waals surface area contributed by atoms with Gasteiger partial charge < -0.3 is 14.9 Å². The Hall–Kier alpha value is -2.11. The molecule has 0 aliphatic carbocycles. The van der Waals surface area contributed by atoms with E-state index in [1.807, 2.05) is 6.92 Å². The molecule has 0 spiro atoms. The average Bonchev–Trinajstić information content (AvgIpc) is 2.44. The number of phenols is 1. The largest absolute Gasteiger partial charge is 0.505 e. The molecule has 1 aromatic rings. The third kappa shape index (κ3) is 2.45. The number of phenolic OH excluding ortho intramolecular Hbond substituents is 1. The number of hydrogen-bond acceptors (Lipinski definition) is 3. The van der Waals surface area contributed by atoms with Crippen LogP contribution in [0.4, 0.5) is 4.39 Å². The van der Waals surface area contributed by atoms with E-state index in [-0.39, 0.29) is 17.4 Å². The minimum atomic E-state index is -0.775. The van der Waals surface area contributed by atoms with Gasteiger partial charge in [0.15, 0.2) is 11.6 Å². The Morgan fingerprint density at radius 3 is 2.75 bits per heavy atom. The van der Waals surface area contributed by atoms with Crippen LogP contribution >= 0.6 is 0 Å². The van der Waals surface area contributed by atoms with Crippen molar-refractivity contribution in [2.24, 2.45) is 0 Å². The van der Waals surface area contributed by atoms with Gasteiger partial charge >= 0.3 is 0 Å². The molecule has 1 aliphatic rings. The maximum absolute atomic E-state index is 13.0. The lowest BCUT2D eigenvalue weighted by Gasteiger charge is -2.38. The number of amides is 2. The summed E-state index contributed by atoms with van der Waals surface area (Å²) < 4.78 is 13.0. The van der Waals surface area contributed by atoms with E-state index in [4.69, 9.17) is 0 Å². The van der Waals surface area contributed by atoms with Crippen LogP contribution in [-0.4, -0.2) is 52.9 Å². The lowest BCUT2D eigenvalue weighted by atomic mass is 10.1. The molecule has 1 atom stereocenters. The van der Waals surface area contributed by atoms with Crippen molar-refractivity contribution >= 4 is 11.8 Å². The van der Waals surface area contributed by atoms with Gasteiger partial charge in [0, 0.05) is 25.7 Å². The number of aromatic hydroxyl groups is 1. The normalized spacial score (nSPS) is 19.4. The second-order valence-corrected chi connectivity index (χ2v) is 4.85. The van der Waals surface area contributed by atoms with Crippen molar-refractivity contribution in [3.05, 3.63) is 29.6 Å². The summed E-state index contributed by atoms with van der Waals surface area (Å²) in [6.07, 6.45) is 0.516. The number of benzene rings is 1. The number of hydrogen-bond donors (Lipinski definition) is 1. The summed E-state index contributed by atoms with van der Waals surface area (Å²) in [5.41, 5.74) is 0.180. The van der Waals surface area contributed by atoms with Gasteiger partial charge in [-0.3, -0.25) is 9.59 Å². The number of carbonyl (C=O) groups excluding carboxylic acids is 2. The third-order valence-electron chi connectivity index (χ3n) is 3.55. The molecule has 0 aromatic heterocycles. The molecule has 6 heteroatoms. The minimum Gasteiger partial charge on any atom is -0.505 e. The summed E-state index contributed by atoms with van der Waals surface area (Å²) in [4.78, 5) is 27.5. The number of piperazine rings is 1. The molecular formula is C14H17FN2O3. The van der Waals surface area contributed by atoms with Crippen LogP contribution in [-0.2, 0) is 4.79 Å². The maximum atomic E-state index is 13.0. The lowest BCUT2D eigenvalue weighted by molar-refractivity contribution is -0.138. The van der Waals surface area contributed by atoms with E-state index < -0.39 is 17.6 Å². The number of carbonyl (C=O) groups is 2. The fourth-order valence-electron chi connectivity index (χ4n) is 2.36. The Labute approximate surface area is 116 Å². The summed E-state index contributed by atoms with van der Waals surface area (Å²) in [5.74, 6) is -1.81. The topological polar surface area (TPSA) is 60.9 Å². The first-order valence-electron chi connectivity index (χ1n) is 6.50. The van der Waals surface area contributed by atoms with Crippen molar-refractivity contribution in [3.63, 3.8) is 0 Å². The maximum Gasteiger partial charge on any atom is 0.254 e. The van der Waals surface area contributed by atoms with Gasteiger partial charge in [-0.25, -0.2) is 4.39 Å². The van der Waals surface area contributed by atoms with Gasteiger partial charge in [-0.15, -0.1) is 0 Å². The molecule has 1 unspecified atom stereocenters. The van der Waals surface area contributed by atoms with Gasteiger partial charge in [-0.2, -0.15) is 0 Å². The SMILES string of the molecule is CCC1C(=O)N(C)CCN1C(=O)c1ccc(F)c(O)c1. The molecule has 0 saturated carbocycles. The molecule has 108 valence electrons. The van der Waals surface area contributed by atoms with E-state index in [1.54, 1.807) is 11.9 Å². The van der Waals surface area contributed by atoms with Crippen LogP contribution in [0.15, 0.2) is 18.2 Å². The van der Waals surface area contributed by atoms with Crippen LogP contribution in [0.1, 0.15) is 23.7 Å². The lowest BCUT2D eigenvalue weighted by Crippen LogP contribution is -2.57. The molecule has 0 radical (unpaired) electrons. The molecule has 5 nitrogen and oxygen atoms in total. The van der Waals surface area contributed by atoms with Gasteiger partial charge in [0.05, 0.1) is 0 Å². The first kappa shape index (κ1) is 14.3. The van der Waals surface area contributed by atoms with Crippen molar-refractivity contribution < 1.29 is 19.1 Å². The highest BCUT2D eigenvalue weighted by Gasteiger charge is 2.35. The van der Waals surface area contributed by atoms with Crippen LogP contribution in [0.3, 0.4) is 0 Å². The van der Waals surface area contributed by atoms with Crippen LogP contribution in [0.25, 0.3) is 0 Å². The quantitative estimate of drug-likeness (QED) is 0.886. The Morgan fingerprint density at radius 2 is 2.15 bits per heavy atom. The monoisotopic (exact) mass is 280 g/mol. The molecule has 1 heterocycles. The fraction of sp³-hybridized carbons (Fsp3) is 0.429. The highest BCUT2D eigenvalue weighted by molar-refractivity contribution is 5.98. The third-order valence-corrected chi connectivity index (χ3v) is 3.55. The second-order valence-electron chi connectivity index (χ2n) is 4.85. The predicted molar refractivity (Wildman–Crippen MR) is 70.8 cm³/mol. The Bertz CT molecular complexity index is 547. The fourth-order valence-corrected chi connectivity index (χ4v) is 2.36. The van der Waals surface area contributed by atoms with Crippen molar-refractivity contribution in [3.8, 4) is 5.75 Å². The number of likely N-dealkylation sites (N-methyl/N-ethyl adjacent to an activating group) is 1. The molecule has 1 aliphatic heterocycles. The summed E-state index contributed by atoms with van der Waals surface area (Å²) in [7, 11) is 1.70. The van der Waals surface area contributed by atoms with Gasteiger partial charge in [-0.05, 0) is 24.6 Å². The number of nitrogens with zero attached hydrogens (tertiary/aromatic N) is 2. The molecule has 1 saturated heterocycles. The first-order chi connectivity index (χ1) is 9.45. The molecule has 20 heavy (non-hydrogen) atoms. The summed E-state index contributed by atoms with van der Waals surface area (Å²) in [5, 5.41) is 9.34. The van der Waals surface area contributed by atoms with Crippen LogP contribution in [0, 0.1) is 5.82 Å². The van der Waals surface area contributed by atoms with Crippen LogP contribution < -0.4 is 0 Å². The van der Waals surface area contributed by atoms with Gasteiger partial charge in [-0.1, -0.05) is 6.92 Å². The minimum absolute atomic E-state index is 0.0987. The molecule has 1 N–H and O–H groups in total. The van der Waals surface area contributed by atoms with Crippen molar-refractivity contribution in [1.82, 2.24) is 9.80 Å². The van der Waals surface area contributed by atoms with E-state index in [0.717, 1.165) is 12.1 Å². The smallest absolute Gasteiger partial charge is 0.254 e. The highest BCUT2D eigenvalue weighted by Crippen LogP contribution is 2.21. The number of halogens is 1.